The Hall–Kier alpha value is -3.53. The van der Waals surface area contributed by atoms with Crippen LogP contribution in [0.2, 0.25) is 0 Å². The average Bonchev–Trinajstić information content (AvgIpc) is 2.72. The van der Waals surface area contributed by atoms with Gasteiger partial charge < -0.3 is 5.32 Å². The number of pyridine rings is 1. The molecule has 0 unspecified atom stereocenters. The highest BCUT2D eigenvalue weighted by atomic mass is 16.1. The molecule has 0 fully saturated rings. The zero-order valence-corrected chi connectivity index (χ0v) is 18.6. The topological polar surface area (TPSA) is 50.1 Å². The van der Waals surface area contributed by atoms with Gasteiger partial charge in [0.25, 0.3) is 11.5 Å². The molecule has 4 rings (SSSR count). The van der Waals surface area contributed by atoms with Crippen molar-refractivity contribution in [3.63, 3.8) is 0 Å². The second kappa shape index (κ2) is 7.95. The molecule has 1 aliphatic rings. The van der Waals surface area contributed by atoms with Gasteiger partial charge >= 0.3 is 0 Å². The number of aryl methyl sites for hydroxylation is 3. The van der Waals surface area contributed by atoms with Crippen molar-refractivity contribution >= 4 is 23.0 Å². The zero-order valence-electron chi connectivity index (χ0n) is 18.6. The number of fused-ring (bicyclic) bond motifs is 1. The van der Waals surface area contributed by atoms with Crippen molar-refractivity contribution in [3.8, 4) is 0 Å². The van der Waals surface area contributed by atoms with E-state index in [9.17, 15) is 9.59 Å². The molecule has 4 heteroatoms. The number of allylic oxidation sites excluding steroid dienone is 2. The van der Waals surface area contributed by atoms with E-state index in [0.717, 1.165) is 27.9 Å². The van der Waals surface area contributed by atoms with Crippen LogP contribution in [0, 0.1) is 20.8 Å². The number of nitrogens with zero attached hydrogens (tertiary/aromatic N) is 1. The summed E-state index contributed by atoms with van der Waals surface area (Å²) in [6, 6.07) is 15.2. The molecule has 0 radical (unpaired) electrons. The Morgan fingerprint density at radius 1 is 0.806 bits per heavy atom. The lowest BCUT2D eigenvalue weighted by atomic mass is 9.89. The maximum absolute atomic E-state index is 13.6. The smallest absolute Gasteiger partial charge is 0.286 e. The molecule has 156 valence electrons. The SMILES string of the molecule is Cc1cc(C)c[n+](C2=C(Nc3c(C)cccc3C(C)C)C(=O)c3ccccc3C2=O)c1. The molecule has 3 aromatic rings. The van der Waals surface area contributed by atoms with E-state index in [1.165, 1.54) is 0 Å². The number of nitrogens with one attached hydrogen (secondary N) is 1. The zero-order chi connectivity index (χ0) is 22.3. The average molecular weight is 412 g/mol. The van der Waals surface area contributed by atoms with Gasteiger partial charge in [-0.15, -0.1) is 0 Å². The van der Waals surface area contributed by atoms with Crippen LogP contribution in [0.25, 0.3) is 5.70 Å². The first-order valence-corrected chi connectivity index (χ1v) is 10.6. The van der Waals surface area contributed by atoms with Crippen LogP contribution >= 0.6 is 0 Å². The van der Waals surface area contributed by atoms with E-state index < -0.39 is 0 Å². The highest BCUT2D eigenvalue weighted by Crippen LogP contribution is 2.32. The molecule has 0 spiro atoms. The molecule has 4 nitrogen and oxygen atoms in total. The highest BCUT2D eigenvalue weighted by Gasteiger charge is 2.39. The molecule has 1 heterocycles. The summed E-state index contributed by atoms with van der Waals surface area (Å²) in [7, 11) is 0. The second-order valence-corrected chi connectivity index (χ2v) is 8.54. The van der Waals surface area contributed by atoms with Gasteiger partial charge in [0, 0.05) is 27.9 Å². The van der Waals surface area contributed by atoms with E-state index >= 15 is 0 Å². The fraction of sp³-hybridized carbons (Fsp3) is 0.222. The Balaban J connectivity index is 1.99. The second-order valence-electron chi connectivity index (χ2n) is 8.54. The molecular formula is C27H27N2O2+. The Bertz CT molecular complexity index is 1230. The van der Waals surface area contributed by atoms with Crippen LogP contribution in [0.3, 0.4) is 0 Å². The van der Waals surface area contributed by atoms with Crippen molar-refractivity contribution in [2.24, 2.45) is 0 Å². The number of Topliss-reactive ketones (excluding diaryl/α,β-unsaturated/α-hetero) is 2. The third-order valence-electron chi connectivity index (χ3n) is 5.67. The van der Waals surface area contributed by atoms with Crippen molar-refractivity contribution in [1.29, 1.82) is 0 Å². The van der Waals surface area contributed by atoms with E-state index in [2.05, 4.69) is 25.2 Å². The summed E-state index contributed by atoms with van der Waals surface area (Å²) >= 11 is 0. The molecule has 2 aromatic carbocycles. The van der Waals surface area contributed by atoms with Crippen molar-refractivity contribution in [2.75, 3.05) is 5.32 Å². The van der Waals surface area contributed by atoms with E-state index in [-0.39, 0.29) is 17.5 Å². The standard InChI is InChI=1S/C27H26N2O2/c1-16(2)20-12-8-9-19(5)23(20)28-24-25(29-14-17(3)13-18(4)15-29)27(31)22-11-7-6-10-21(22)26(24)30/h6-16H,1-5H3/p+1. The van der Waals surface area contributed by atoms with Gasteiger partial charge in [-0.25, -0.2) is 0 Å². The summed E-state index contributed by atoms with van der Waals surface area (Å²) in [6.07, 6.45) is 3.79. The van der Waals surface area contributed by atoms with E-state index in [4.69, 9.17) is 0 Å². The van der Waals surface area contributed by atoms with Gasteiger partial charge in [-0.2, -0.15) is 4.57 Å². The fourth-order valence-electron chi connectivity index (χ4n) is 4.23. The molecule has 1 aromatic heterocycles. The van der Waals surface area contributed by atoms with E-state index in [1.54, 1.807) is 28.8 Å². The van der Waals surface area contributed by atoms with E-state index in [1.807, 2.05) is 51.4 Å². The lowest BCUT2D eigenvalue weighted by Gasteiger charge is -2.22. The first-order valence-electron chi connectivity index (χ1n) is 10.6. The van der Waals surface area contributed by atoms with E-state index in [0.29, 0.717) is 22.5 Å². The number of hydrogen-bond acceptors (Lipinski definition) is 3. The lowest BCUT2D eigenvalue weighted by molar-refractivity contribution is -0.578. The number of ketones is 2. The molecule has 0 bridgehead atoms. The van der Waals surface area contributed by atoms with Gasteiger partial charge in [0.1, 0.15) is 0 Å². The fourth-order valence-corrected chi connectivity index (χ4v) is 4.23. The minimum atomic E-state index is -0.171. The van der Waals surface area contributed by atoms with Gasteiger partial charge in [0.05, 0.1) is 0 Å². The van der Waals surface area contributed by atoms with Crippen LogP contribution in [0.4, 0.5) is 5.69 Å². The summed E-state index contributed by atoms with van der Waals surface area (Å²) in [4.78, 5) is 27.2. The normalized spacial score (nSPS) is 13.6. The molecule has 1 N–H and O–H groups in total. The predicted octanol–water partition coefficient (Wildman–Crippen LogP) is 5.38. The Morgan fingerprint density at radius 3 is 2.03 bits per heavy atom. The minimum absolute atomic E-state index is 0.160. The monoisotopic (exact) mass is 411 g/mol. The van der Waals surface area contributed by atoms with Gasteiger partial charge in [-0.1, -0.05) is 56.3 Å². The molecule has 1 aliphatic carbocycles. The molecular weight excluding hydrogens is 384 g/mol. The van der Waals surface area contributed by atoms with Gasteiger partial charge in [-0.3, -0.25) is 9.59 Å². The molecule has 0 aliphatic heterocycles. The summed E-state index contributed by atoms with van der Waals surface area (Å²) in [5, 5.41) is 3.40. The molecule has 0 atom stereocenters. The van der Waals surface area contributed by atoms with Crippen LogP contribution in [0.5, 0.6) is 0 Å². The van der Waals surface area contributed by atoms with Gasteiger partial charge in [0.15, 0.2) is 18.1 Å². The van der Waals surface area contributed by atoms with Crippen molar-refractivity contribution in [2.45, 2.75) is 40.5 Å². The minimum Gasteiger partial charge on any atom is -0.346 e. The first kappa shape index (κ1) is 20.7. The molecule has 31 heavy (non-hydrogen) atoms. The van der Waals surface area contributed by atoms with Crippen molar-refractivity contribution in [3.05, 3.63) is 100 Å². The van der Waals surface area contributed by atoms with Crippen molar-refractivity contribution < 1.29 is 14.2 Å². The quantitative estimate of drug-likeness (QED) is 0.586. The summed E-state index contributed by atoms with van der Waals surface area (Å²) in [6.45, 7) is 10.2. The van der Waals surface area contributed by atoms with Crippen LogP contribution in [-0.2, 0) is 0 Å². The van der Waals surface area contributed by atoms with Gasteiger partial charge in [0.2, 0.25) is 5.78 Å². The molecule has 0 saturated heterocycles. The summed E-state index contributed by atoms with van der Waals surface area (Å²) in [5.41, 5.74) is 6.60. The maximum Gasteiger partial charge on any atom is 0.286 e. The largest absolute Gasteiger partial charge is 0.346 e. The summed E-state index contributed by atoms with van der Waals surface area (Å²) < 4.78 is 1.79. The third kappa shape index (κ3) is 3.70. The van der Waals surface area contributed by atoms with Crippen LogP contribution in [0.1, 0.15) is 62.7 Å². The number of carbonyl (C=O) groups is 2. The molecule has 0 amide bonds. The molecule has 0 saturated carbocycles. The van der Waals surface area contributed by atoms with Crippen molar-refractivity contribution in [1.82, 2.24) is 0 Å². The number of aromatic nitrogens is 1. The summed E-state index contributed by atoms with van der Waals surface area (Å²) in [5.74, 6) is -0.0656. The number of benzene rings is 2. The third-order valence-corrected chi connectivity index (χ3v) is 5.67. The Kier molecular flexibility index (Phi) is 5.32. The number of para-hydroxylation sites is 1. The number of hydrogen-bond donors (Lipinski definition) is 1. The highest BCUT2D eigenvalue weighted by molar-refractivity contribution is 6.36. The number of rotatable bonds is 4. The predicted molar refractivity (Wildman–Crippen MR) is 123 cm³/mol. The number of carbonyl (C=O) groups excluding carboxylic acids is 2. The lowest BCUT2D eigenvalue weighted by Crippen LogP contribution is -2.42. The maximum atomic E-state index is 13.6. The van der Waals surface area contributed by atoms with Crippen LogP contribution < -0.4 is 9.88 Å². The van der Waals surface area contributed by atoms with Crippen LogP contribution in [-0.4, -0.2) is 11.6 Å². The number of anilines is 1. The first-order chi connectivity index (χ1) is 14.8. The Labute approximate surface area is 183 Å². The van der Waals surface area contributed by atoms with Gasteiger partial charge in [-0.05, 0) is 43.9 Å². The van der Waals surface area contributed by atoms with Crippen LogP contribution in [0.15, 0.2) is 66.6 Å². The Morgan fingerprint density at radius 2 is 1.42 bits per heavy atom.